The molecule has 0 unspecified atom stereocenters. The lowest BCUT2D eigenvalue weighted by Crippen LogP contribution is -2.39. The Morgan fingerprint density at radius 1 is 1.00 bits per heavy atom. The van der Waals surface area contributed by atoms with Gasteiger partial charge in [0.25, 0.3) is 11.1 Å². The van der Waals surface area contributed by atoms with Crippen molar-refractivity contribution in [3.63, 3.8) is 0 Å². The molecule has 0 atom stereocenters. The molecule has 0 bridgehead atoms. The van der Waals surface area contributed by atoms with E-state index < -0.39 is 11.2 Å². The molecular formula is C25H31N5O4. The molecule has 0 saturated heterocycles. The van der Waals surface area contributed by atoms with Crippen molar-refractivity contribution in [2.75, 3.05) is 0 Å². The van der Waals surface area contributed by atoms with Gasteiger partial charge in [0.1, 0.15) is 0 Å². The number of benzene rings is 1. The predicted octanol–water partition coefficient (Wildman–Crippen LogP) is 2.65. The van der Waals surface area contributed by atoms with Crippen molar-refractivity contribution in [3.05, 3.63) is 72.7 Å². The predicted molar refractivity (Wildman–Crippen MR) is 132 cm³/mol. The van der Waals surface area contributed by atoms with Gasteiger partial charge in [0.05, 0.1) is 12.1 Å². The summed E-state index contributed by atoms with van der Waals surface area (Å²) in [4.78, 5) is 44.3. The maximum absolute atomic E-state index is 13.6. The molecule has 9 heteroatoms. The van der Waals surface area contributed by atoms with Crippen molar-refractivity contribution in [3.8, 4) is 5.88 Å². The lowest BCUT2D eigenvalue weighted by molar-refractivity contribution is 0.432. The molecule has 0 aliphatic heterocycles. The summed E-state index contributed by atoms with van der Waals surface area (Å²) >= 11 is 0. The van der Waals surface area contributed by atoms with Crippen molar-refractivity contribution in [1.29, 1.82) is 0 Å². The van der Waals surface area contributed by atoms with Crippen LogP contribution in [0.1, 0.15) is 51.2 Å². The molecule has 0 aliphatic rings. The normalized spacial score (nSPS) is 11.8. The number of rotatable bonds is 8. The summed E-state index contributed by atoms with van der Waals surface area (Å²) in [5.74, 6) is -0.0245. The number of aromatic nitrogens is 5. The average Bonchev–Trinajstić information content (AvgIpc) is 3.21. The lowest BCUT2D eigenvalue weighted by atomic mass is 10.1. The molecule has 180 valence electrons. The highest BCUT2D eigenvalue weighted by Crippen LogP contribution is 2.23. The number of aromatic hydroxyl groups is 1. The highest BCUT2D eigenvalue weighted by atomic mass is 16.3. The van der Waals surface area contributed by atoms with Gasteiger partial charge in [0.15, 0.2) is 11.2 Å². The molecule has 0 saturated carbocycles. The number of hydrogen-bond donors (Lipinski definition) is 1. The fraction of sp³-hybridized carbons (Fsp3) is 0.440. The molecule has 3 heterocycles. The van der Waals surface area contributed by atoms with Crippen LogP contribution in [0.4, 0.5) is 0 Å². The Morgan fingerprint density at radius 2 is 1.71 bits per heavy atom. The molecule has 1 N–H and O–H groups in total. The highest BCUT2D eigenvalue weighted by molar-refractivity contribution is 5.76. The van der Waals surface area contributed by atoms with Gasteiger partial charge in [-0.25, -0.2) is 9.20 Å². The minimum atomic E-state index is -0.563. The Bertz CT molecular complexity index is 1520. The third kappa shape index (κ3) is 3.95. The maximum atomic E-state index is 13.6. The zero-order valence-electron chi connectivity index (χ0n) is 20.1. The van der Waals surface area contributed by atoms with Gasteiger partial charge in [-0.15, -0.1) is 0 Å². The summed E-state index contributed by atoms with van der Waals surface area (Å²) in [6, 6.07) is 9.48. The summed E-state index contributed by atoms with van der Waals surface area (Å²) in [6.45, 7) is 6.57. The van der Waals surface area contributed by atoms with E-state index in [-0.39, 0.29) is 46.4 Å². The van der Waals surface area contributed by atoms with Gasteiger partial charge < -0.3 is 5.11 Å². The van der Waals surface area contributed by atoms with E-state index in [4.69, 9.17) is 0 Å². The first-order valence-corrected chi connectivity index (χ1v) is 11.8. The van der Waals surface area contributed by atoms with E-state index in [1.54, 1.807) is 0 Å². The molecule has 0 amide bonds. The van der Waals surface area contributed by atoms with Crippen molar-refractivity contribution < 1.29 is 5.11 Å². The van der Waals surface area contributed by atoms with Gasteiger partial charge in [0, 0.05) is 13.6 Å². The maximum Gasteiger partial charge on any atom is 0.332 e. The van der Waals surface area contributed by atoms with Crippen LogP contribution in [0.15, 0.2) is 44.7 Å². The van der Waals surface area contributed by atoms with Crippen LogP contribution < -0.4 is 16.8 Å². The topological polar surface area (TPSA) is 104 Å². The van der Waals surface area contributed by atoms with E-state index in [0.29, 0.717) is 13.0 Å². The number of nitrogens with zero attached hydrogens (tertiary/aromatic N) is 5. The number of imidazole rings is 1. The molecule has 0 aliphatic carbocycles. The smallest absolute Gasteiger partial charge is 0.332 e. The molecule has 1 aromatic carbocycles. The first-order valence-electron chi connectivity index (χ1n) is 11.8. The van der Waals surface area contributed by atoms with E-state index in [1.165, 1.54) is 20.6 Å². The van der Waals surface area contributed by atoms with Crippen molar-refractivity contribution in [2.45, 2.75) is 59.5 Å². The van der Waals surface area contributed by atoms with Gasteiger partial charge in [0.2, 0.25) is 11.7 Å². The van der Waals surface area contributed by atoms with Crippen LogP contribution in [0.3, 0.4) is 0 Å². The Hall–Kier alpha value is -3.62. The van der Waals surface area contributed by atoms with Crippen molar-refractivity contribution in [2.24, 2.45) is 13.0 Å². The quantitative estimate of drug-likeness (QED) is 0.403. The second kappa shape index (κ2) is 9.32. The largest absolute Gasteiger partial charge is 0.494 e. The van der Waals surface area contributed by atoms with E-state index in [0.717, 1.165) is 29.4 Å². The van der Waals surface area contributed by atoms with E-state index in [2.05, 4.69) is 11.9 Å². The first-order chi connectivity index (χ1) is 16.3. The Balaban J connectivity index is 2.13. The Morgan fingerprint density at radius 3 is 2.35 bits per heavy atom. The van der Waals surface area contributed by atoms with Crippen LogP contribution in [-0.4, -0.2) is 28.2 Å². The second-order valence-corrected chi connectivity index (χ2v) is 9.21. The molecule has 0 radical (unpaired) electrons. The van der Waals surface area contributed by atoms with Crippen LogP contribution in [0.2, 0.25) is 0 Å². The molecule has 0 spiro atoms. The van der Waals surface area contributed by atoms with Crippen LogP contribution in [-0.2, 0) is 26.6 Å². The second-order valence-electron chi connectivity index (χ2n) is 9.21. The third-order valence-electron chi connectivity index (χ3n) is 6.11. The number of unbranched alkanes of at least 4 members (excludes halogenated alkanes) is 2. The fourth-order valence-electron chi connectivity index (χ4n) is 4.37. The first kappa shape index (κ1) is 23.5. The molecule has 4 rings (SSSR count). The third-order valence-corrected chi connectivity index (χ3v) is 6.11. The van der Waals surface area contributed by atoms with Gasteiger partial charge >= 0.3 is 5.69 Å². The SMILES string of the molecule is CCCCCc1c(O)n2c3c(=O)n(C)c(=O)n(CC(C)C)c3nc2n(Cc2ccccc2)c1=O. The number of fused-ring (bicyclic) bond motifs is 3. The average molecular weight is 466 g/mol. The minimum Gasteiger partial charge on any atom is -0.494 e. The van der Waals surface area contributed by atoms with E-state index in [9.17, 15) is 19.5 Å². The molecule has 9 nitrogen and oxygen atoms in total. The van der Waals surface area contributed by atoms with Crippen molar-refractivity contribution >= 4 is 16.9 Å². The van der Waals surface area contributed by atoms with Crippen LogP contribution in [0.5, 0.6) is 5.88 Å². The molecule has 34 heavy (non-hydrogen) atoms. The zero-order valence-corrected chi connectivity index (χ0v) is 20.1. The summed E-state index contributed by atoms with van der Waals surface area (Å²) in [5.41, 5.74) is 0.0187. The number of hydrogen-bond acceptors (Lipinski definition) is 5. The summed E-state index contributed by atoms with van der Waals surface area (Å²) in [7, 11) is 1.42. The molecule has 0 fully saturated rings. The highest BCUT2D eigenvalue weighted by Gasteiger charge is 2.25. The van der Waals surface area contributed by atoms with Gasteiger partial charge in [-0.3, -0.25) is 23.3 Å². The summed E-state index contributed by atoms with van der Waals surface area (Å²) in [5, 5.41) is 11.2. The van der Waals surface area contributed by atoms with Crippen LogP contribution in [0, 0.1) is 5.92 Å². The van der Waals surface area contributed by atoms with Crippen LogP contribution in [0.25, 0.3) is 16.9 Å². The molecule has 4 aromatic rings. The Labute approximate surface area is 196 Å². The lowest BCUT2D eigenvalue weighted by Gasteiger charge is -2.13. The summed E-state index contributed by atoms with van der Waals surface area (Å²) < 4.78 is 5.31. The molecular weight excluding hydrogens is 434 g/mol. The monoisotopic (exact) mass is 465 g/mol. The Kier molecular flexibility index (Phi) is 6.45. The van der Waals surface area contributed by atoms with E-state index >= 15 is 0 Å². The van der Waals surface area contributed by atoms with Crippen molar-refractivity contribution in [1.82, 2.24) is 23.1 Å². The summed E-state index contributed by atoms with van der Waals surface area (Å²) in [6.07, 6.45) is 3.00. The zero-order chi connectivity index (χ0) is 24.6. The van der Waals surface area contributed by atoms with Gasteiger partial charge in [-0.05, 0) is 24.3 Å². The fourth-order valence-corrected chi connectivity index (χ4v) is 4.37. The molecule has 3 aromatic heterocycles. The van der Waals surface area contributed by atoms with Crippen LogP contribution >= 0.6 is 0 Å². The standard InChI is InChI=1S/C25H31N5O4/c1-5-6-8-13-18-21(31)29(15-17-11-9-7-10-12-17)24-26-20-19(30(24)22(18)32)23(33)27(4)25(34)28(20)14-16(2)3/h7,9-12,16,32H,5-6,8,13-15H2,1-4H3. The van der Waals surface area contributed by atoms with Gasteiger partial charge in [-0.2, -0.15) is 4.98 Å². The van der Waals surface area contributed by atoms with E-state index in [1.807, 2.05) is 44.2 Å². The minimum absolute atomic E-state index is 0.0915. The van der Waals surface area contributed by atoms with Gasteiger partial charge in [-0.1, -0.05) is 63.9 Å².